The number of benzene rings is 2. The Morgan fingerprint density at radius 2 is 1.92 bits per heavy atom. The summed E-state index contributed by atoms with van der Waals surface area (Å²) >= 11 is 5.80. The fourth-order valence-corrected chi connectivity index (χ4v) is 2.76. The highest BCUT2D eigenvalue weighted by molar-refractivity contribution is 6.33. The summed E-state index contributed by atoms with van der Waals surface area (Å²) in [4.78, 5) is 23.9. The van der Waals surface area contributed by atoms with E-state index >= 15 is 0 Å². The summed E-state index contributed by atoms with van der Waals surface area (Å²) in [5.74, 6) is -1.04. The monoisotopic (exact) mass is 369 g/mol. The van der Waals surface area contributed by atoms with Gasteiger partial charge >= 0.3 is 12.1 Å². The minimum absolute atomic E-state index is 0.0530. The molecular formula is C17H11ClF3NO3. The zero-order valence-corrected chi connectivity index (χ0v) is 13.3. The molecule has 4 nitrogen and oxygen atoms in total. The SMILES string of the molecule is O=C(C[C@@H]1OC(=O)c2ccccc21)Nc1ccc(C(F)(F)F)cc1Cl. The zero-order chi connectivity index (χ0) is 18.2. The number of halogens is 4. The van der Waals surface area contributed by atoms with Crippen LogP contribution in [0.15, 0.2) is 42.5 Å². The van der Waals surface area contributed by atoms with Gasteiger partial charge in [0.2, 0.25) is 5.91 Å². The average molecular weight is 370 g/mol. The van der Waals surface area contributed by atoms with E-state index in [0.717, 1.165) is 18.2 Å². The summed E-state index contributed by atoms with van der Waals surface area (Å²) in [6.45, 7) is 0. The minimum Gasteiger partial charge on any atom is -0.453 e. The molecule has 3 rings (SSSR count). The van der Waals surface area contributed by atoms with E-state index < -0.39 is 29.7 Å². The van der Waals surface area contributed by atoms with Crippen molar-refractivity contribution in [1.29, 1.82) is 0 Å². The molecule has 2 aromatic rings. The van der Waals surface area contributed by atoms with E-state index in [0.29, 0.717) is 11.1 Å². The number of cyclic esters (lactones) is 1. The fourth-order valence-electron chi connectivity index (χ4n) is 2.53. The van der Waals surface area contributed by atoms with E-state index in [9.17, 15) is 22.8 Å². The molecule has 0 saturated carbocycles. The number of amides is 1. The maximum absolute atomic E-state index is 12.6. The molecule has 0 bridgehead atoms. The first-order chi connectivity index (χ1) is 11.8. The third-order valence-corrected chi connectivity index (χ3v) is 4.03. The lowest BCUT2D eigenvalue weighted by molar-refractivity contribution is -0.137. The quantitative estimate of drug-likeness (QED) is 0.804. The van der Waals surface area contributed by atoms with Gasteiger partial charge < -0.3 is 10.1 Å². The van der Waals surface area contributed by atoms with Crippen molar-refractivity contribution in [3.63, 3.8) is 0 Å². The van der Waals surface area contributed by atoms with Crippen molar-refractivity contribution in [1.82, 2.24) is 0 Å². The smallest absolute Gasteiger partial charge is 0.416 e. The Morgan fingerprint density at radius 3 is 2.60 bits per heavy atom. The topological polar surface area (TPSA) is 55.4 Å². The van der Waals surface area contributed by atoms with Crippen molar-refractivity contribution in [2.75, 3.05) is 5.32 Å². The van der Waals surface area contributed by atoms with Crippen LogP contribution in [0.2, 0.25) is 5.02 Å². The van der Waals surface area contributed by atoms with E-state index in [4.69, 9.17) is 16.3 Å². The molecule has 0 aromatic heterocycles. The molecule has 25 heavy (non-hydrogen) atoms. The van der Waals surface area contributed by atoms with E-state index in [-0.39, 0.29) is 17.1 Å². The molecule has 0 radical (unpaired) electrons. The third kappa shape index (κ3) is 3.61. The summed E-state index contributed by atoms with van der Waals surface area (Å²) < 4.78 is 43.0. The minimum atomic E-state index is -4.52. The number of carbonyl (C=O) groups is 2. The van der Waals surface area contributed by atoms with Crippen LogP contribution in [0.1, 0.15) is 34.0 Å². The Hall–Kier alpha value is -2.54. The highest BCUT2D eigenvalue weighted by Crippen LogP contribution is 2.35. The van der Waals surface area contributed by atoms with E-state index in [1.165, 1.54) is 0 Å². The van der Waals surface area contributed by atoms with Gasteiger partial charge in [-0.05, 0) is 24.3 Å². The van der Waals surface area contributed by atoms with E-state index in [1.807, 2.05) is 0 Å². The molecule has 2 aromatic carbocycles. The van der Waals surface area contributed by atoms with Crippen molar-refractivity contribution in [2.45, 2.75) is 18.7 Å². The number of fused-ring (bicyclic) bond motifs is 1. The van der Waals surface area contributed by atoms with Crippen LogP contribution in [0, 0.1) is 0 Å². The lowest BCUT2D eigenvalue weighted by Crippen LogP contribution is -2.16. The molecule has 1 atom stereocenters. The number of anilines is 1. The number of rotatable bonds is 3. The first kappa shape index (κ1) is 17.3. The standard InChI is InChI=1S/C17H11ClF3NO3/c18-12-7-9(17(19,20)21)5-6-13(12)22-15(23)8-14-10-3-1-2-4-11(10)16(24)25-14/h1-7,14H,8H2,(H,22,23)/t14-/m0/s1. The number of nitrogens with one attached hydrogen (secondary N) is 1. The molecule has 130 valence electrons. The molecule has 1 amide bonds. The van der Waals surface area contributed by atoms with Crippen LogP contribution in [-0.4, -0.2) is 11.9 Å². The first-order valence-corrected chi connectivity index (χ1v) is 7.60. The number of hydrogen-bond acceptors (Lipinski definition) is 3. The second-order valence-electron chi connectivity index (χ2n) is 5.43. The normalized spacial score (nSPS) is 16.3. The van der Waals surface area contributed by atoms with Crippen LogP contribution in [0.4, 0.5) is 18.9 Å². The van der Waals surface area contributed by atoms with E-state index in [1.54, 1.807) is 24.3 Å². The van der Waals surface area contributed by atoms with Gasteiger partial charge in [-0.15, -0.1) is 0 Å². The molecule has 1 aliphatic rings. The molecule has 0 aliphatic carbocycles. The van der Waals surface area contributed by atoms with Gasteiger partial charge in [-0.25, -0.2) is 4.79 Å². The van der Waals surface area contributed by atoms with Gasteiger partial charge in [0, 0.05) is 5.56 Å². The fraction of sp³-hybridized carbons (Fsp3) is 0.176. The molecule has 1 aliphatic heterocycles. The van der Waals surface area contributed by atoms with Crippen molar-refractivity contribution in [3.8, 4) is 0 Å². The van der Waals surface area contributed by atoms with Crippen LogP contribution >= 0.6 is 11.6 Å². The maximum Gasteiger partial charge on any atom is 0.416 e. The second kappa shape index (κ2) is 6.40. The molecule has 8 heteroatoms. The van der Waals surface area contributed by atoms with Gasteiger partial charge in [-0.2, -0.15) is 13.2 Å². The largest absolute Gasteiger partial charge is 0.453 e. The lowest BCUT2D eigenvalue weighted by atomic mass is 10.0. The summed E-state index contributed by atoms with van der Waals surface area (Å²) in [5.41, 5.74) is 0.139. The highest BCUT2D eigenvalue weighted by Gasteiger charge is 2.33. The molecule has 0 spiro atoms. The highest BCUT2D eigenvalue weighted by atomic mass is 35.5. The molecule has 0 saturated heterocycles. The first-order valence-electron chi connectivity index (χ1n) is 7.22. The van der Waals surface area contributed by atoms with Crippen LogP contribution in [0.25, 0.3) is 0 Å². The van der Waals surface area contributed by atoms with Crippen LogP contribution in [0.3, 0.4) is 0 Å². The lowest BCUT2D eigenvalue weighted by Gasteiger charge is -2.13. The van der Waals surface area contributed by atoms with Gasteiger partial charge in [0.1, 0.15) is 6.10 Å². The summed E-state index contributed by atoms with van der Waals surface area (Å²) in [6, 6.07) is 9.33. The molecule has 0 fully saturated rings. The van der Waals surface area contributed by atoms with E-state index in [2.05, 4.69) is 5.32 Å². The van der Waals surface area contributed by atoms with Crippen molar-refractivity contribution in [2.24, 2.45) is 0 Å². The van der Waals surface area contributed by atoms with Crippen LogP contribution < -0.4 is 5.32 Å². The van der Waals surface area contributed by atoms with Crippen LogP contribution in [-0.2, 0) is 15.7 Å². The molecule has 1 heterocycles. The third-order valence-electron chi connectivity index (χ3n) is 3.72. The van der Waals surface area contributed by atoms with Crippen molar-refractivity contribution >= 4 is 29.2 Å². The Morgan fingerprint density at radius 1 is 1.20 bits per heavy atom. The number of alkyl halides is 3. The number of hydrogen-bond donors (Lipinski definition) is 1. The predicted molar refractivity (Wildman–Crippen MR) is 84.3 cm³/mol. The Bertz CT molecular complexity index is 851. The zero-order valence-electron chi connectivity index (χ0n) is 12.6. The average Bonchev–Trinajstić information content (AvgIpc) is 2.85. The van der Waals surface area contributed by atoms with Gasteiger partial charge in [-0.1, -0.05) is 29.8 Å². The number of esters is 1. The second-order valence-corrected chi connectivity index (χ2v) is 5.83. The molecule has 0 unspecified atom stereocenters. The summed E-state index contributed by atoms with van der Waals surface area (Å²) in [6.07, 6.45) is -5.43. The van der Waals surface area contributed by atoms with Gasteiger partial charge in [0.25, 0.3) is 0 Å². The van der Waals surface area contributed by atoms with Gasteiger partial charge in [0.15, 0.2) is 0 Å². The Kier molecular flexibility index (Phi) is 4.43. The number of ether oxygens (including phenoxy) is 1. The summed E-state index contributed by atoms with van der Waals surface area (Å²) in [5, 5.41) is 2.20. The van der Waals surface area contributed by atoms with Crippen LogP contribution in [0.5, 0.6) is 0 Å². The van der Waals surface area contributed by atoms with Crippen molar-refractivity contribution in [3.05, 3.63) is 64.2 Å². The number of carbonyl (C=O) groups excluding carboxylic acids is 2. The Balaban J connectivity index is 1.71. The van der Waals surface area contributed by atoms with Gasteiger partial charge in [0.05, 0.1) is 28.3 Å². The van der Waals surface area contributed by atoms with Crippen molar-refractivity contribution < 1.29 is 27.5 Å². The molecular weight excluding hydrogens is 359 g/mol. The Labute approximate surface area is 145 Å². The summed E-state index contributed by atoms with van der Waals surface area (Å²) in [7, 11) is 0. The molecule has 1 N–H and O–H groups in total. The van der Waals surface area contributed by atoms with Gasteiger partial charge in [-0.3, -0.25) is 4.79 Å². The maximum atomic E-state index is 12.6. The predicted octanol–water partition coefficient (Wildman–Crippen LogP) is 4.60.